The Morgan fingerprint density at radius 1 is 1.19 bits per heavy atom. The van der Waals surface area contributed by atoms with Crippen LogP contribution < -0.4 is 21.9 Å². The van der Waals surface area contributed by atoms with E-state index in [4.69, 9.17) is 0 Å². The van der Waals surface area contributed by atoms with Crippen molar-refractivity contribution in [2.75, 3.05) is 5.32 Å². The number of amides is 1. The molecule has 9 nitrogen and oxygen atoms in total. The fraction of sp³-hybridized carbons (Fsp3) is 0.455. The second-order valence-electron chi connectivity index (χ2n) is 7.86. The summed E-state index contributed by atoms with van der Waals surface area (Å²) in [5, 5.41) is 6.30. The predicted octanol–water partition coefficient (Wildman–Crippen LogP) is 2.21. The Labute approximate surface area is 179 Å². The number of benzene rings is 1. The molecular weight excluding hydrogens is 396 g/mol. The van der Waals surface area contributed by atoms with Crippen LogP contribution in [0.3, 0.4) is 0 Å². The lowest BCUT2D eigenvalue weighted by Gasteiger charge is -2.12. The minimum absolute atomic E-state index is 0.0977. The molecule has 31 heavy (non-hydrogen) atoms. The summed E-state index contributed by atoms with van der Waals surface area (Å²) in [5.74, 6) is 0.538. The number of carbonyl (C=O) groups is 1. The number of aromatic nitrogens is 4. The third-order valence-electron chi connectivity index (χ3n) is 5.54. The highest BCUT2D eigenvalue weighted by atomic mass is 16.2. The van der Waals surface area contributed by atoms with Gasteiger partial charge in [0.05, 0.1) is 12.1 Å². The molecule has 9 heteroatoms. The van der Waals surface area contributed by atoms with Crippen molar-refractivity contribution in [2.45, 2.75) is 65.2 Å². The molecule has 1 fully saturated rings. The summed E-state index contributed by atoms with van der Waals surface area (Å²) >= 11 is 0. The van der Waals surface area contributed by atoms with Gasteiger partial charge in [0.25, 0.3) is 11.5 Å². The zero-order chi connectivity index (χ0) is 22.0. The molecule has 1 saturated carbocycles. The van der Waals surface area contributed by atoms with E-state index in [1.165, 1.54) is 4.57 Å². The molecule has 0 radical (unpaired) electrons. The molecule has 3 N–H and O–H groups in total. The maximum Gasteiger partial charge on any atom is 0.330 e. The lowest BCUT2D eigenvalue weighted by atomic mass is 10.1. The summed E-state index contributed by atoms with van der Waals surface area (Å²) in [5.41, 5.74) is 1.21. The van der Waals surface area contributed by atoms with Crippen molar-refractivity contribution >= 4 is 22.8 Å². The van der Waals surface area contributed by atoms with E-state index in [-0.39, 0.29) is 11.9 Å². The van der Waals surface area contributed by atoms with Gasteiger partial charge in [-0.3, -0.25) is 19.1 Å². The van der Waals surface area contributed by atoms with Crippen LogP contribution in [0.1, 0.15) is 55.7 Å². The van der Waals surface area contributed by atoms with Crippen molar-refractivity contribution in [1.82, 2.24) is 24.4 Å². The molecule has 2 aromatic heterocycles. The quantitative estimate of drug-likeness (QED) is 0.487. The molecule has 0 spiro atoms. The fourth-order valence-electron chi connectivity index (χ4n) is 3.72. The van der Waals surface area contributed by atoms with E-state index >= 15 is 0 Å². The van der Waals surface area contributed by atoms with Gasteiger partial charge in [-0.15, -0.1) is 0 Å². The lowest BCUT2D eigenvalue weighted by Crippen LogP contribution is -2.31. The topological polar surface area (TPSA) is 114 Å². The minimum Gasteiger partial charge on any atom is -0.377 e. The molecule has 1 aliphatic rings. The van der Waals surface area contributed by atoms with Gasteiger partial charge in [-0.1, -0.05) is 25.5 Å². The molecule has 1 aromatic carbocycles. The SMILES string of the molecule is CCCCn1c(=O)[nH]c(=O)c2c1nc(CNc1ccccc1C(=O)NC1CC1)n2CC. The molecule has 2 heterocycles. The summed E-state index contributed by atoms with van der Waals surface area (Å²) in [6, 6.07) is 7.61. The highest BCUT2D eigenvalue weighted by Crippen LogP contribution is 2.22. The van der Waals surface area contributed by atoms with Crippen LogP contribution in [-0.4, -0.2) is 31.1 Å². The second-order valence-corrected chi connectivity index (χ2v) is 7.86. The van der Waals surface area contributed by atoms with E-state index in [9.17, 15) is 14.4 Å². The number of hydrogen-bond acceptors (Lipinski definition) is 5. The zero-order valence-electron chi connectivity index (χ0n) is 17.9. The Kier molecular flexibility index (Phi) is 5.92. The normalized spacial score (nSPS) is 13.5. The number of nitrogens with zero attached hydrogens (tertiary/aromatic N) is 3. The zero-order valence-corrected chi connectivity index (χ0v) is 17.9. The van der Waals surface area contributed by atoms with E-state index in [1.807, 2.05) is 36.6 Å². The van der Waals surface area contributed by atoms with Crippen LogP contribution in [0.5, 0.6) is 0 Å². The smallest absolute Gasteiger partial charge is 0.330 e. The molecule has 164 valence electrons. The third kappa shape index (κ3) is 4.26. The number of anilines is 1. The maximum absolute atomic E-state index is 12.6. The first-order chi connectivity index (χ1) is 15.0. The van der Waals surface area contributed by atoms with Crippen LogP contribution in [0.2, 0.25) is 0 Å². The third-order valence-corrected chi connectivity index (χ3v) is 5.54. The number of aromatic amines is 1. The van der Waals surface area contributed by atoms with Crippen molar-refractivity contribution in [2.24, 2.45) is 0 Å². The number of para-hydroxylation sites is 1. The molecule has 1 aliphatic carbocycles. The predicted molar refractivity (Wildman–Crippen MR) is 119 cm³/mol. The van der Waals surface area contributed by atoms with Gasteiger partial charge in [-0.25, -0.2) is 9.78 Å². The van der Waals surface area contributed by atoms with Gasteiger partial charge in [-0.2, -0.15) is 0 Å². The van der Waals surface area contributed by atoms with Crippen molar-refractivity contribution in [3.8, 4) is 0 Å². The molecule has 4 rings (SSSR count). The van der Waals surface area contributed by atoms with Gasteiger partial charge in [0.2, 0.25) is 0 Å². The van der Waals surface area contributed by atoms with Gasteiger partial charge in [0, 0.05) is 24.8 Å². The van der Waals surface area contributed by atoms with Crippen LogP contribution in [0.4, 0.5) is 5.69 Å². The summed E-state index contributed by atoms with van der Waals surface area (Å²) in [6.45, 7) is 5.33. The number of imidazole rings is 1. The molecule has 0 aliphatic heterocycles. The number of H-pyrrole nitrogens is 1. The molecule has 0 unspecified atom stereocenters. The number of fused-ring (bicyclic) bond motifs is 1. The molecule has 3 aromatic rings. The average Bonchev–Trinajstić information content (AvgIpc) is 3.49. The van der Waals surface area contributed by atoms with Gasteiger partial charge >= 0.3 is 5.69 Å². The van der Waals surface area contributed by atoms with Crippen LogP contribution in [0.25, 0.3) is 11.2 Å². The van der Waals surface area contributed by atoms with Crippen molar-refractivity contribution in [1.29, 1.82) is 0 Å². The van der Waals surface area contributed by atoms with E-state index in [1.54, 1.807) is 6.07 Å². The Balaban J connectivity index is 1.66. The van der Waals surface area contributed by atoms with Crippen molar-refractivity contribution in [3.63, 3.8) is 0 Å². The van der Waals surface area contributed by atoms with Gasteiger partial charge in [-0.05, 0) is 38.3 Å². The number of hydrogen-bond donors (Lipinski definition) is 3. The Morgan fingerprint density at radius 2 is 1.97 bits per heavy atom. The van der Waals surface area contributed by atoms with Gasteiger partial charge in [0.15, 0.2) is 11.2 Å². The molecule has 0 bridgehead atoms. The molecule has 1 amide bonds. The lowest BCUT2D eigenvalue weighted by molar-refractivity contribution is 0.0952. The Morgan fingerprint density at radius 3 is 2.68 bits per heavy atom. The average molecular weight is 425 g/mol. The second kappa shape index (κ2) is 8.79. The number of nitrogens with one attached hydrogen (secondary N) is 3. The summed E-state index contributed by atoms with van der Waals surface area (Å²) in [6.07, 6.45) is 3.79. The largest absolute Gasteiger partial charge is 0.377 e. The van der Waals surface area contributed by atoms with Crippen LogP contribution in [0.15, 0.2) is 33.9 Å². The first-order valence-electron chi connectivity index (χ1n) is 10.9. The van der Waals surface area contributed by atoms with E-state index in [0.717, 1.165) is 25.7 Å². The monoisotopic (exact) mass is 424 g/mol. The fourth-order valence-corrected chi connectivity index (χ4v) is 3.72. The summed E-state index contributed by atoms with van der Waals surface area (Å²) in [7, 11) is 0. The molecule has 0 atom stereocenters. The standard InChI is InChI=1S/C22H28N6O3/c1-3-5-12-28-19-18(21(30)26-22(28)31)27(4-2)17(25-19)13-23-16-9-7-6-8-15(16)20(29)24-14-10-11-14/h6-9,14,23H,3-5,10-13H2,1-2H3,(H,24,29)(H,26,30,31). The van der Waals surface area contributed by atoms with Gasteiger partial charge in [0.1, 0.15) is 5.82 Å². The van der Waals surface area contributed by atoms with Crippen LogP contribution in [-0.2, 0) is 19.6 Å². The summed E-state index contributed by atoms with van der Waals surface area (Å²) < 4.78 is 3.35. The van der Waals surface area contributed by atoms with E-state index < -0.39 is 11.2 Å². The maximum atomic E-state index is 12.6. The first kappa shape index (κ1) is 20.9. The Hall–Kier alpha value is -3.36. The summed E-state index contributed by atoms with van der Waals surface area (Å²) in [4.78, 5) is 44.5. The van der Waals surface area contributed by atoms with E-state index in [0.29, 0.717) is 47.9 Å². The molecule has 0 saturated heterocycles. The highest BCUT2D eigenvalue weighted by Gasteiger charge is 2.25. The first-order valence-corrected chi connectivity index (χ1v) is 10.9. The number of unbranched alkanes of at least 4 members (excludes halogenated alkanes) is 1. The van der Waals surface area contributed by atoms with Crippen molar-refractivity contribution in [3.05, 3.63) is 56.5 Å². The highest BCUT2D eigenvalue weighted by molar-refractivity contribution is 5.99. The number of rotatable bonds is 9. The van der Waals surface area contributed by atoms with Crippen molar-refractivity contribution < 1.29 is 4.79 Å². The number of aryl methyl sites for hydroxylation is 2. The number of carbonyl (C=O) groups excluding carboxylic acids is 1. The van der Waals surface area contributed by atoms with Crippen LogP contribution in [0, 0.1) is 0 Å². The van der Waals surface area contributed by atoms with Crippen LogP contribution >= 0.6 is 0 Å². The van der Waals surface area contributed by atoms with Gasteiger partial charge < -0.3 is 15.2 Å². The minimum atomic E-state index is -0.437. The molecular formula is C22H28N6O3. The van der Waals surface area contributed by atoms with E-state index in [2.05, 4.69) is 20.6 Å². The Bertz CT molecular complexity index is 1220.